The summed E-state index contributed by atoms with van der Waals surface area (Å²) in [6, 6.07) is 12.9. The van der Waals surface area contributed by atoms with Crippen LogP contribution in [0.25, 0.3) is 6.08 Å². The number of benzene rings is 2. The molecule has 1 amide bonds. The van der Waals surface area contributed by atoms with Gasteiger partial charge < -0.3 is 14.8 Å². The number of rotatable bonds is 8. The van der Waals surface area contributed by atoms with Gasteiger partial charge in [-0.3, -0.25) is 4.79 Å². The number of alkyl halides is 2. The Bertz CT molecular complexity index is 787. The molecule has 1 N–H and O–H groups in total. The van der Waals surface area contributed by atoms with Crippen LogP contribution in [0, 0.1) is 0 Å². The molecule has 0 fully saturated rings. The SMILES string of the molecule is COC(=O)c1ccc(/C=C/C(=O)NCCc2ccc(OC(F)F)cc2)cc1. The molecular weight excluding hydrogens is 356 g/mol. The maximum absolute atomic E-state index is 12.1. The van der Waals surface area contributed by atoms with Crippen molar-refractivity contribution in [2.45, 2.75) is 13.0 Å². The van der Waals surface area contributed by atoms with E-state index in [2.05, 4.69) is 14.8 Å². The van der Waals surface area contributed by atoms with Crippen LogP contribution in [0.3, 0.4) is 0 Å². The normalized spacial score (nSPS) is 10.8. The third kappa shape index (κ3) is 6.89. The predicted octanol–water partition coefficient (Wildman–Crippen LogP) is 3.45. The zero-order valence-corrected chi connectivity index (χ0v) is 14.7. The van der Waals surface area contributed by atoms with Gasteiger partial charge in [0.15, 0.2) is 0 Å². The highest BCUT2D eigenvalue weighted by Crippen LogP contribution is 2.15. The van der Waals surface area contributed by atoms with Gasteiger partial charge in [-0.25, -0.2) is 4.79 Å². The highest BCUT2D eigenvalue weighted by molar-refractivity contribution is 5.92. The predicted molar refractivity (Wildman–Crippen MR) is 96.6 cm³/mol. The molecular formula is C20H19F2NO4. The van der Waals surface area contributed by atoms with Crippen LogP contribution in [-0.2, 0) is 16.0 Å². The zero-order valence-electron chi connectivity index (χ0n) is 14.7. The van der Waals surface area contributed by atoms with Crippen molar-refractivity contribution in [3.8, 4) is 5.75 Å². The Labute approximate surface area is 155 Å². The molecule has 0 aromatic heterocycles. The van der Waals surface area contributed by atoms with E-state index in [4.69, 9.17) is 0 Å². The fourth-order valence-corrected chi connectivity index (χ4v) is 2.25. The van der Waals surface area contributed by atoms with Crippen molar-refractivity contribution in [1.29, 1.82) is 0 Å². The van der Waals surface area contributed by atoms with Crippen molar-refractivity contribution in [3.63, 3.8) is 0 Å². The van der Waals surface area contributed by atoms with Crippen LogP contribution >= 0.6 is 0 Å². The van der Waals surface area contributed by atoms with Crippen LogP contribution < -0.4 is 10.1 Å². The summed E-state index contributed by atoms with van der Waals surface area (Å²) in [6.07, 6.45) is 3.59. The van der Waals surface area contributed by atoms with Crippen LogP contribution in [0.1, 0.15) is 21.5 Å². The van der Waals surface area contributed by atoms with Crippen LogP contribution in [0.15, 0.2) is 54.6 Å². The zero-order chi connectivity index (χ0) is 19.6. The topological polar surface area (TPSA) is 64.6 Å². The summed E-state index contributed by atoms with van der Waals surface area (Å²) in [5, 5.41) is 2.74. The van der Waals surface area contributed by atoms with Gasteiger partial charge >= 0.3 is 12.6 Å². The Morgan fingerprint density at radius 2 is 1.74 bits per heavy atom. The van der Waals surface area contributed by atoms with E-state index in [0.717, 1.165) is 11.1 Å². The fourth-order valence-electron chi connectivity index (χ4n) is 2.25. The Hall–Kier alpha value is -3.22. The van der Waals surface area contributed by atoms with Crippen molar-refractivity contribution in [3.05, 3.63) is 71.3 Å². The minimum atomic E-state index is -2.85. The molecule has 0 atom stereocenters. The Kier molecular flexibility index (Phi) is 7.49. The molecule has 0 bridgehead atoms. The van der Waals surface area contributed by atoms with Gasteiger partial charge in [-0.1, -0.05) is 24.3 Å². The summed E-state index contributed by atoms with van der Waals surface area (Å²) in [5.41, 5.74) is 2.09. The van der Waals surface area contributed by atoms with E-state index in [1.807, 2.05) is 0 Å². The molecule has 0 unspecified atom stereocenters. The van der Waals surface area contributed by atoms with Gasteiger partial charge in [0.1, 0.15) is 5.75 Å². The lowest BCUT2D eigenvalue weighted by Crippen LogP contribution is -2.23. The standard InChI is InChI=1S/C20H19F2NO4/c1-26-19(25)16-7-2-14(3-8-16)6-11-18(24)23-13-12-15-4-9-17(10-5-15)27-20(21)22/h2-11,20H,12-13H2,1H3,(H,23,24)/b11-6+. The van der Waals surface area contributed by atoms with Crippen molar-refractivity contribution in [2.24, 2.45) is 0 Å². The molecule has 2 aromatic rings. The van der Waals surface area contributed by atoms with Crippen molar-refractivity contribution in [1.82, 2.24) is 5.32 Å². The van der Waals surface area contributed by atoms with Crippen LogP contribution in [0.2, 0.25) is 0 Å². The van der Waals surface area contributed by atoms with Gasteiger partial charge in [0.05, 0.1) is 12.7 Å². The molecule has 0 heterocycles. The number of esters is 1. The lowest BCUT2D eigenvalue weighted by atomic mass is 10.1. The molecule has 0 saturated carbocycles. The second kappa shape index (κ2) is 10.1. The first-order valence-corrected chi connectivity index (χ1v) is 8.16. The molecule has 0 aliphatic rings. The second-order valence-corrected chi connectivity index (χ2v) is 5.51. The molecule has 0 radical (unpaired) electrons. The number of carbonyl (C=O) groups is 2. The molecule has 142 valence electrons. The summed E-state index contributed by atoms with van der Waals surface area (Å²) in [6.45, 7) is -2.45. The molecule has 5 nitrogen and oxygen atoms in total. The molecule has 7 heteroatoms. The molecule has 2 aromatic carbocycles. The van der Waals surface area contributed by atoms with Gasteiger partial charge in [-0.15, -0.1) is 0 Å². The number of methoxy groups -OCH3 is 1. The Balaban J connectivity index is 1.77. The highest BCUT2D eigenvalue weighted by Gasteiger charge is 2.05. The first-order valence-electron chi connectivity index (χ1n) is 8.16. The van der Waals surface area contributed by atoms with Gasteiger partial charge in [-0.2, -0.15) is 8.78 Å². The number of nitrogens with one attached hydrogen (secondary N) is 1. The van der Waals surface area contributed by atoms with Gasteiger partial charge in [0, 0.05) is 12.6 Å². The lowest BCUT2D eigenvalue weighted by molar-refractivity contribution is -0.116. The summed E-state index contributed by atoms with van der Waals surface area (Å²) >= 11 is 0. The number of halogens is 2. The van der Waals surface area contributed by atoms with Crippen LogP contribution in [0.4, 0.5) is 8.78 Å². The molecule has 0 spiro atoms. The fraction of sp³-hybridized carbons (Fsp3) is 0.200. The van der Waals surface area contributed by atoms with Crippen LogP contribution in [-0.4, -0.2) is 32.1 Å². The highest BCUT2D eigenvalue weighted by atomic mass is 19.3. The third-order valence-corrected chi connectivity index (χ3v) is 3.62. The summed E-state index contributed by atoms with van der Waals surface area (Å²) < 4.78 is 33.1. The third-order valence-electron chi connectivity index (χ3n) is 3.62. The maximum atomic E-state index is 12.1. The van der Waals surface area contributed by atoms with E-state index in [1.165, 1.54) is 25.3 Å². The first kappa shape index (κ1) is 20.1. The number of ether oxygens (including phenoxy) is 2. The van der Waals surface area contributed by atoms with Crippen molar-refractivity contribution in [2.75, 3.05) is 13.7 Å². The van der Waals surface area contributed by atoms with Crippen LogP contribution in [0.5, 0.6) is 5.75 Å². The van der Waals surface area contributed by atoms with E-state index in [9.17, 15) is 18.4 Å². The second-order valence-electron chi connectivity index (χ2n) is 5.51. The van der Waals surface area contributed by atoms with E-state index < -0.39 is 12.6 Å². The molecule has 27 heavy (non-hydrogen) atoms. The minimum Gasteiger partial charge on any atom is -0.465 e. The van der Waals surface area contributed by atoms with E-state index in [-0.39, 0.29) is 11.7 Å². The number of hydrogen-bond acceptors (Lipinski definition) is 4. The average Bonchev–Trinajstić information content (AvgIpc) is 2.67. The Morgan fingerprint density at radius 1 is 1.07 bits per heavy atom. The average molecular weight is 375 g/mol. The summed E-state index contributed by atoms with van der Waals surface area (Å²) in [4.78, 5) is 23.2. The smallest absolute Gasteiger partial charge is 0.387 e. The number of amides is 1. The van der Waals surface area contributed by atoms with E-state index >= 15 is 0 Å². The quantitative estimate of drug-likeness (QED) is 0.567. The minimum absolute atomic E-state index is 0.0962. The monoisotopic (exact) mass is 375 g/mol. The molecule has 0 aliphatic heterocycles. The van der Waals surface area contributed by atoms with E-state index in [0.29, 0.717) is 18.5 Å². The Morgan fingerprint density at radius 3 is 2.33 bits per heavy atom. The van der Waals surface area contributed by atoms with Gasteiger partial charge in [0.25, 0.3) is 0 Å². The van der Waals surface area contributed by atoms with Gasteiger partial charge in [-0.05, 0) is 47.9 Å². The lowest BCUT2D eigenvalue weighted by Gasteiger charge is -2.06. The molecule has 0 aliphatic carbocycles. The molecule has 2 rings (SSSR count). The first-order chi connectivity index (χ1) is 13.0. The molecule has 0 saturated heterocycles. The number of hydrogen-bond donors (Lipinski definition) is 1. The number of carbonyl (C=O) groups excluding carboxylic acids is 2. The van der Waals surface area contributed by atoms with E-state index in [1.54, 1.807) is 42.5 Å². The largest absolute Gasteiger partial charge is 0.465 e. The van der Waals surface area contributed by atoms with Gasteiger partial charge in [0.2, 0.25) is 5.91 Å². The van der Waals surface area contributed by atoms with Crippen molar-refractivity contribution >= 4 is 18.0 Å². The summed E-state index contributed by atoms with van der Waals surface area (Å²) in [5.74, 6) is -0.583. The summed E-state index contributed by atoms with van der Waals surface area (Å²) in [7, 11) is 1.31. The maximum Gasteiger partial charge on any atom is 0.387 e. The van der Waals surface area contributed by atoms with Crippen molar-refractivity contribution < 1.29 is 27.8 Å².